The molecule has 4 aromatic carbocycles. The van der Waals surface area contributed by atoms with E-state index < -0.39 is 0 Å². The third-order valence-corrected chi connectivity index (χ3v) is 6.29. The molecule has 0 radical (unpaired) electrons. The molecule has 2 aromatic heterocycles. The standard InChI is InChI=1S/2C18H14N2O/c2*21-18(20-14-8-2-1-3-9-14)16-11-5-4-10-15(16)17-12-6-7-13-19-17/h2*1-13H,(H,20,21). The quantitative estimate of drug-likeness (QED) is 0.221. The zero-order chi connectivity index (χ0) is 29.0. The van der Waals surface area contributed by atoms with Gasteiger partial charge in [-0.3, -0.25) is 19.6 Å². The Morgan fingerprint density at radius 2 is 0.762 bits per heavy atom. The molecule has 42 heavy (non-hydrogen) atoms. The predicted octanol–water partition coefficient (Wildman–Crippen LogP) is 8.00. The Morgan fingerprint density at radius 3 is 1.14 bits per heavy atom. The molecule has 2 heterocycles. The summed E-state index contributed by atoms with van der Waals surface area (Å²) in [7, 11) is 0. The highest BCUT2D eigenvalue weighted by Gasteiger charge is 2.14. The van der Waals surface area contributed by atoms with E-state index in [9.17, 15) is 9.59 Å². The maximum absolute atomic E-state index is 12.5. The molecule has 0 saturated heterocycles. The van der Waals surface area contributed by atoms with Gasteiger partial charge in [0.15, 0.2) is 0 Å². The first-order chi connectivity index (χ1) is 20.7. The molecule has 2 amide bonds. The lowest BCUT2D eigenvalue weighted by Crippen LogP contribution is -2.13. The van der Waals surface area contributed by atoms with Gasteiger partial charge < -0.3 is 10.6 Å². The molecular formula is C36H28N4O2. The number of carbonyl (C=O) groups is 2. The molecule has 0 spiro atoms. The van der Waals surface area contributed by atoms with Crippen molar-refractivity contribution in [3.05, 3.63) is 169 Å². The zero-order valence-electron chi connectivity index (χ0n) is 22.7. The third kappa shape index (κ3) is 7.20. The second kappa shape index (κ2) is 14.0. The van der Waals surface area contributed by atoms with Crippen molar-refractivity contribution < 1.29 is 9.59 Å². The van der Waals surface area contributed by atoms with Gasteiger partial charge in [0, 0.05) is 46.0 Å². The summed E-state index contributed by atoms with van der Waals surface area (Å²) in [5, 5.41) is 5.80. The second-order valence-electron chi connectivity index (χ2n) is 9.16. The molecule has 204 valence electrons. The van der Waals surface area contributed by atoms with E-state index in [-0.39, 0.29) is 11.8 Å². The summed E-state index contributed by atoms with van der Waals surface area (Å²) in [6.45, 7) is 0. The van der Waals surface area contributed by atoms with Crippen LogP contribution in [0.5, 0.6) is 0 Å². The van der Waals surface area contributed by atoms with E-state index in [0.29, 0.717) is 11.1 Å². The Morgan fingerprint density at radius 1 is 0.405 bits per heavy atom. The van der Waals surface area contributed by atoms with Crippen LogP contribution in [0.2, 0.25) is 0 Å². The molecular weight excluding hydrogens is 520 g/mol. The van der Waals surface area contributed by atoms with Crippen molar-refractivity contribution in [1.29, 1.82) is 0 Å². The summed E-state index contributed by atoms with van der Waals surface area (Å²) in [6, 6.07) is 45.1. The molecule has 0 fully saturated rings. The van der Waals surface area contributed by atoms with Gasteiger partial charge in [-0.15, -0.1) is 0 Å². The molecule has 0 aliphatic rings. The summed E-state index contributed by atoms with van der Waals surface area (Å²) in [6.07, 6.45) is 3.45. The van der Waals surface area contributed by atoms with Crippen LogP contribution in [-0.2, 0) is 0 Å². The van der Waals surface area contributed by atoms with Crippen molar-refractivity contribution >= 4 is 23.2 Å². The Labute approximate surface area is 244 Å². The van der Waals surface area contributed by atoms with Crippen molar-refractivity contribution in [3.63, 3.8) is 0 Å². The van der Waals surface area contributed by atoms with Crippen LogP contribution in [-0.4, -0.2) is 21.8 Å². The van der Waals surface area contributed by atoms with Gasteiger partial charge >= 0.3 is 0 Å². The third-order valence-electron chi connectivity index (χ3n) is 6.29. The summed E-state index contributed by atoms with van der Waals surface area (Å²) in [5.74, 6) is -0.273. The Hall–Kier alpha value is -5.88. The van der Waals surface area contributed by atoms with Gasteiger partial charge in [-0.2, -0.15) is 0 Å². The topological polar surface area (TPSA) is 84.0 Å². The molecule has 6 nitrogen and oxygen atoms in total. The highest BCUT2D eigenvalue weighted by molar-refractivity contribution is 6.09. The summed E-state index contributed by atoms with van der Waals surface area (Å²) >= 11 is 0. The van der Waals surface area contributed by atoms with E-state index in [1.165, 1.54) is 0 Å². The lowest BCUT2D eigenvalue weighted by molar-refractivity contribution is 0.101. The van der Waals surface area contributed by atoms with E-state index in [1.54, 1.807) is 12.4 Å². The number of anilines is 2. The van der Waals surface area contributed by atoms with Crippen LogP contribution >= 0.6 is 0 Å². The van der Waals surface area contributed by atoms with Gasteiger partial charge in [0.2, 0.25) is 0 Å². The Kier molecular flexibility index (Phi) is 9.20. The fourth-order valence-electron chi connectivity index (χ4n) is 4.29. The minimum atomic E-state index is -0.137. The van der Waals surface area contributed by atoms with Crippen LogP contribution in [0.25, 0.3) is 22.5 Å². The maximum Gasteiger partial charge on any atom is 0.256 e. The molecule has 0 aliphatic carbocycles. The van der Waals surface area contributed by atoms with Crippen molar-refractivity contribution in [2.45, 2.75) is 0 Å². The summed E-state index contributed by atoms with van der Waals surface area (Å²) in [5.41, 5.74) is 6.00. The van der Waals surface area contributed by atoms with E-state index in [4.69, 9.17) is 0 Å². The lowest BCUT2D eigenvalue weighted by Gasteiger charge is -2.09. The molecule has 6 rings (SSSR count). The van der Waals surface area contributed by atoms with E-state index in [1.807, 2.05) is 146 Å². The SMILES string of the molecule is O=C(Nc1ccccc1)c1ccccc1-c1ccccn1.O=C(Nc1ccccc1)c1ccccc1-c1ccccn1. The van der Waals surface area contributed by atoms with E-state index >= 15 is 0 Å². The largest absolute Gasteiger partial charge is 0.322 e. The summed E-state index contributed by atoms with van der Waals surface area (Å²) < 4.78 is 0. The number of rotatable bonds is 6. The number of para-hydroxylation sites is 2. The Balaban J connectivity index is 0.000000168. The van der Waals surface area contributed by atoms with Gasteiger partial charge in [-0.25, -0.2) is 0 Å². The molecule has 0 saturated carbocycles. The van der Waals surface area contributed by atoms with Crippen molar-refractivity contribution in [3.8, 4) is 22.5 Å². The number of nitrogens with one attached hydrogen (secondary N) is 2. The van der Waals surface area contributed by atoms with Crippen LogP contribution in [0.1, 0.15) is 20.7 Å². The Bertz CT molecular complexity index is 1610. The number of amides is 2. The number of carbonyl (C=O) groups excluding carboxylic acids is 2. The van der Waals surface area contributed by atoms with Gasteiger partial charge in [0.25, 0.3) is 11.8 Å². The van der Waals surface area contributed by atoms with Crippen LogP contribution in [0, 0.1) is 0 Å². The number of nitrogens with zero attached hydrogens (tertiary/aromatic N) is 2. The fourth-order valence-corrected chi connectivity index (χ4v) is 4.29. The fraction of sp³-hybridized carbons (Fsp3) is 0. The van der Waals surface area contributed by atoms with E-state index in [0.717, 1.165) is 33.9 Å². The molecule has 0 unspecified atom stereocenters. The van der Waals surface area contributed by atoms with E-state index in [2.05, 4.69) is 20.6 Å². The highest BCUT2D eigenvalue weighted by atomic mass is 16.2. The molecule has 2 N–H and O–H groups in total. The zero-order valence-corrected chi connectivity index (χ0v) is 22.7. The van der Waals surface area contributed by atoms with Gasteiger partial charge in [-0.05, 0) is 60.7 Å². The highest BCUT2D eigenvalue weighted by Crippen LogP contribution is 2.23. The number of aromatic nitrogens is 2. The lowest BCUT2D eigenvalue weighted by atomic mass is 10.0. The van der Waals surface area contributed by atoms with Gasteiger partial charge in [0.1, 0.15) is 0 Å². The van der Waals surface area contributed by atoms with Gasteiger partial charge in [-0.1, -0.05) is 84.9 Å². The summed E-state index contributed by atoms with van der Waals surface area (Å²) in [4.78, 5) is 33.6. The molecule has 0 bridgehead atoms. The minimum absolute atomic E-state index is 0.137. The molecule has 6 aromatic rings. The number of hydrogen-bond acceptors (Lipinski definition) is 4. The van der Waals surface area contributed by atoms with Crippen molar-refractivity contribution in [1.82, 2.24) is 9.97 Å². The average molecular weight is 549 g/mol. The predicted molar refractivity (Wildman–Crippen MR) is 168 cm³/mol. The van der Waals surface area contributed by atoms with Crippen LogP contribution in [0.3, 0.4) is 0 Å². The smallest absolute Gasteiger partial charge is 0.256 e. The first-order valence-electron chi connectivity index (χ1n) is 13.4. The molecule has 0 atom stereocenters. The van der Waals surface area contributed by atoms with Gasteiger partial charge in [0.05, 0.1) is 11.4 Å². The molecule has 0 aliphatic heterocycles. The van der Waals surface area contributed by atoms with Crippen molar-refractivity contribution in [2.75, 3.05) is 10.6 Å². The van der Waals surface area contributed by atoms with Crippen LogP contribution < -0.4 is 10.6 Å². The monoisotopic (exact) mass is 548 g/mol. The number of hydrogen-bond donors (Lipinski definition) is 2. The minimum Gasteiger partial charge on any atom is -0.322 e. The number of benzene rings is 4. The van der Waals surface area contributed by atoms with Crippen LogP contribution in [0.15, 0.2) is 158 Å². The average Bonchev–Trinajstić information content (AvgIpc) is 3.07. The first kappa shape index (κ1) is 27.7. The van der Waals surface area contributed by atoms with Crippen molar-refractivity contribution in [2.24, 2.45) is 0 Å². The second-order valence-corrected chi connectivity index (χ2v) is 9.16. The normalized spacial score (nSPS) is 10.1. The number of pyridine rings is 2. The first-order valence-corrected chi connectivity index (χ1v) is 13.4. The maximum atomic E-state index is 12.5. The van der Waals surface area contributed by atoms with Crippen LogP contribution in [0.4, 0.5) is 11.4 Å². The molecule has 6 heteroatoms.